The van der Waals surface area contributed by atoms with Gasteiger partial charge in [0.1, 0.15) is 41.0 Å². The highest BCUT2D eigenvalue weighted by Crippen LogP contribution is 2.45. The Hall–Kier alpha value is -5.31. The number of benzene rings is 4. The standard InChI is InChI=1S/C44H51N3O9Si/c1-43(2,3)57(6,7)56-38-37(48)36(55-41(38)47-27-35(40(50)46-42(47)51)39(49)45-26-29-14-10-8-11-15-29)28-54-44(30-16-12-9-13-17-30,31-18-22-33(52-4)23-19-31)32-20-24-34(53-5)25-21-32/h8-25,27,36-38,41,48H,26,28H2,1-7H3,(H,45,49)(H,46,50,51)/t36-,37-,38-,41-/m1/s1. The zero-order valence-electron chi connectivity index (χ0n) is 33.4. The van der Waals surface area contributed by atoms with Crippen molar-refractivity contribution in [2.75, 3.05) is 20.8 Å². The summed E-state index contributed by atoms with van der Waals surface area (Å²) < 4.78 is 32.6. The van der Waals surface area contributed by atoms with E-state index in [0.29, 0.717) is 11.5 Å². The second-order valence-corrected chi connectivity index (χ2v) is 20.3. The first-order valence-corrected chi connectivity index (χ1v) is 21.8. The molecule has 0 bridgehead atoms. The van der Waals surface area contributed by atoms with Crippen molar-refractivity contribution >= 4 is 14.2 Å². The van der Waals surface area contributed by atoms with Gasteiger partial charge in [0.15, 0.2) is 14.5 Å². The summed E-state index contributed by atoms with van der Waals surface area (Å²) in [6, 6.07) is 34.1. The van der Waals surface area contributed by atoms with Gasteiger partial charge in [0, 0.05) is 12.7 Å². The van der Waals surface area contributed by atoms with Gasteiger partial charge >= 0.3 is 5.69 Å². The van der Waals surface area contributed by atoms with Gasteiger partial charge in [-0.05, 0) is 64.7 Å². The number of aliphatic hydroxyl groups is 1. The number of ether oxygens (including phenoxy) is 4. The number of methoxy groups -OCH3 is 2. The second kappa shape index (κ2) is 17.0. The minimum atomic E-state index is -2.64. The number of aliphatic hydroxyl groups excluding tert-OH is 1. The minimum absolute atomic E-state index is 0.162. The molecule has 1 aromatic heterocycles. The van der Waals surface area contributed by atoms with Gasteiger partial charge in [0.25, 0.3) is 11.5 Å². The highest BCUT2D eigenvalue weighted by Gasteiger charge is 2.52. The van der Waals surface area contributed by atoms with E-state index >= 15 is 0 Å². The van der Waals surface area contributed by atoms with Crippen LogP contribution in [0.25, 0.3) is 0 Å². The maximum atomic E-state index is 13.6. The quantitative estimate of drug-likeness (QED) is 0.0890. The molecule has 0 spiro atoms. The Morgan fingerprint density at radius 1 is 0.825 bits per heavy atom. The highest BCUT2D eigenvalue weighted by atomic mass is 28.4. The molecule has 12 nitrogen and oxygen atoms in total. The largest absolute Gasteiger partial charge is 0.497 e. The van der Waals surface area contributed by atoms with Crippen LogP contribution in [0.15, 0.2) is 125 Å². The lowest BCUT2D eigenvalue weighted by atomic mass is 9.80. The number of nitrogens with one attached hydrogen (secondary N) is 2. The van der Waals surface area contributed by atoms with E-state index in [-0.39, 0.29) is 23.8 Å². The summed E-state index contributed by atoms with van der Waals surface area (Å²) in [6.45, 7) is 10.3. The van der Waals surface area contributed by atoms with Crippen LogP contribution in [-0.4, -0.2) is 68.0 Å². The number of carbonyl (C=O) groups is 1. The van der Waals surface area contributed by atoms with E-state index in [4.69, 9.17) is 23.4 Å². The Bertz CT molecular complexity index is 2190. The zero-order valence-corrected chi connectivity index (χ0v) is 34.4. The topological polar surface area (TPSA) is 150 Å². The van der Waals surface area contributed by atoms with Gasteiger partial charge in [-0.1, -0.05) is 106 Å². The molecular weight excluding hydrogens is 743 g/mol. The molecule has 0 aliphatic carbocycles. The molecule has 1 aliphatic rings. The molecule has 300 valence electrons. The molecule has 1 saturated heterocycles. The van der Waals surface area contributed by atoms with Crippen molar-refractivity contribution in [1.29, 1.82) is 0 Å². The lowest BCUT2D eigenvalue weighted by molar-refractivity contribution is -0.0956. The van der Waals surface area contributed by atoms with Crippen molar-refractivity contribution in [3.05, 3.63) is 164 Å². The molecule has 1 amide bonds. The third-order valence-electron chi connectivity index (χ3n) is 11.0. The average molecular weight is 794 g/mol. The van der Waals surface area contributed by atoms with Crippen LogP contribution in [0.3, 0.4) is 0 Å². The van der Waals surface area contributed by atoms with Crippen LogP contribution in [0.5, 0.6) is 11.5 Å². The van der Waals surface area contributed by atoms with Crippen LogP contribution in [0.2, 0.25) is 18.1 Å². The third-order valence-corrected chi connectivity index (χ3v) is 15.4. The summed E-state index contributed by atoms with van der Waals surface area (Å²) >= 11 is 0. The monoisotopic (exact) mass is 793 g/mol. The van der Waals surface area contributed by atoms with Crippen molar-refractivity contribution in [3.63, 3.8) is 0 Å². The van der Waals surface area contributed by atoms with Gasteiger partial charge < -0.3 is 33.8 Å². The SMILES string of the molecule is COc1ccc(C(OC[C@H]2O[C@@H](n3cc(C(=O)NCc4ccccc4)c(=O)[nH]c3=O)[C@H](O[Si](C)(C)C(C)(C)C)[C@@H]2O)(c2ccccc2)c2ccc(OC)cc2)cc1. The number of nitrogens with zero attached hydrogens (tertiary/aromatic N) is 1. The van der Waals surface area contributed by atoms with Crippen LogP contribution >= 0.6 is 0 Å². The summed E-state index contributed by atoms with van der Waals surface area (Å²) in [6.07, 6.45) is -3.46. The number of aromatic nitrogens is 2. The highest BCUT2D eigenvalue weighted by molar-refractivity contribution is 6.74. The Morgan fingerprint density at radius 3 is 1.88 bits per heavy atom. The predicted molar refractivity (Wildman–Crippen MR) is 219 cm³/mol. The van der Waals surface area contributed by atoms with Crippen LogP contribution in [-0.2, 0) is 26.0 Å². The molecule has 4 aromatic carbocycles. The molecule has 6 rings (SSSR count). The Labute approximate surface area is 333 Å². The minimum Gasteiger partial charge on any atom is -0.497 e. The predicted octanol–water partition coefficient (Wildman–Crippen LogP) is 6.14. The first kappa shape index (κ1) is 41.3. The number of amides is 1. The molecule has 2 heterocycles. The Kier molecular flexibility index (Phi) is 12.4. The molecule has 0 saturated carbocycles. The molecule has 1 aliphatic heterocycles. The Morgan fingerprint density at radius 2 is 1.35 bits per heavy atom. The van der Waals surface area contributed by atoms with Crippen LogP contribution in [0, 0.1) is 0 Å². The number of aromatic amines is 1. The third kappa shape index (κ3) is 8.67. The summed E-state index contributed by atoms with van der Waals surface area (Å²) in [7, 11) is 0.567. The van der Waals surface area contributed by atoms with Gasteiger partial charge in [0.2, 0.25) is 0 Å². The molecule has 5 aromatic rings. The fraction of sp³-hybridized carbons (Fsp3) is 0.341. The first-order valence-electron chi connectivity index (χ1n) is 18.9. The number of rotatable bonds is 14. The number of carbonyl (C=O) groups excluding carboxylic acids is 1. The van der Waals surface area contributed by atoms with E-state index in [1.165, 1.54) is 6.20 Å². The van der Waals surface area contributed by atoms with E-state index in [9.17, 15) is 19.5 Å². The molecule has 4 atom stereocenters. The fourth-order valence-corrected chi connectivity index (χ4v) is 8.00. The lowest BCUT2D eigenvalue weighted by Crippen LogP contribution is -2.50. The molecular formula is C44H51N3O9Si. The van der Waals surface area contributed by atoms with E-state index in [1.54, 1.807) is 14.2 Å². The maximum Gasteiger partial charge on any atom is 0.330 e. The maximum absolute atomic E-state index is 13.6. The average Bonchev–Trinajstić information content (AvgIpc) is 3.51. The normalized spacial score (nSPS) is 18.6. The molecule has 0 unspecified atom stereocenters. The van der Waals surface area contributed by atoms with E-state index in [2.05, 4.69) is 31.1 Å². The number of hydrogen-bond acceptors (Lipinski definition) is 9. The van der Waals surface area contributed by atoms with E-state index < -0.39 is 55.6 Å². The van der Waals surface area contributed by atoms with Gasteiger partial charge in [-0.15, -0.1) is 0 Å². The number of H-pyrrole nitrogens is 1. The molecule has 1 fully saturated rings. The zero-order chi connectivity index (χ0) is 41.0. The van der Waals surface area contributed by atoms with E-state index in [0.717, 1.165) is 26.8 Å². The summed E-state index contributed by atoms with van der Waals surface area (Å²) in [5.74, 6) is 0.650. The van der Waals surface area contributed by atoms with Gasteiger partial charge in [-0.2, -0.15) is 0 Å². The van der Waals surface area contributed by atoms with Gasteiger partial charge in [-0.25, -0.2) is 4.79 Å². The van der Waals surface area contributed by atoms with Crippen molar-refractivity contribution in [1.82, 2.24) is 14.9 Å². The molecule has 3 N–H and O–H groups in total. The second-order valence-electron chi connectivity index (χ2n) is 15.6. The van der Waals surface area contributed by atoms with Crippen molar-refractivity contribution < 1.29 is 33.3 Å². The first-order chi connectivity index (χ1) is 27.2. The lowest BCUT2D eigenvalue weighted by Gasteiger charge is -2.40. The van der Waals surface area contributed by atoms with Gasteiger partial charge in [-0.3, -0.25) is 19.1 Å². The Balaban J connectivity index is 1.41. The fourth-order valence-electron chi connectivity index (χ4n) is 6.71. The van der Waals surface area contributed by atoms with Crippen LogP contribution in [0.4, 0.5) is 0 Å². The molecule has 57 heavy (non-hydrogen) atoms. The van der Waals surface area contributed by atoms with Crippen molar-refractivity contribution in [2.24, 2.45) is 0 Å². The summed E-state index contributed by atoms with van der Waals surface area (Å²) in [4.78, 5) is 42.3. The van der Waals surface area contributed by atoms with Crippen molar-refractivity contribution in [2.45, 2.75) is 75.6 Å². The van der Waals surface area contributed by atoms with Crippen molar-refractivity contribution in [3.8, 4) is 11.5 Å². The van der Waals surface area contributed by atoms with Crippen LogP contribution in [0.1, 0.15) is 59.6 Å². The van der Waals surface area contributed by atoms with Gasteiger partial charge in [0.05, 0.1) is 20.8 Å². The van der Waals surface area contributed by atoms with Crippen LogP contribution < -0.4 is 26.0 Å². The number of hydrogen-bond donors (Lipinski definition) is 3. The van der Waals surface area contributed by atoms with E-state index in [1.807, 2.05) is 122 Å². The molecule has 0 radical (unpaired) electrons. The smallest absolute Gasteiger partial charge is 0.330 e. The molecule has 13 heteroatoms. The summed E-state index contributed by atoms with van der Waals surface area (Å²) in [5, 5.41) is 14.7. The summed E-state index contributed by atoms with van der Waals surface area (Å²) in [5.41, 5.74) is 0.000212.